The third-order valence-electron chi connectivity index (χ3n) is 1.99. The summed E-state index contributed by atoms with van der Waals surface area (Å²) in [5, 5.41) is 0. The van der Waals surface area contributed by atoms with Crippen molar-refractivity contribution < 1.29 is 4.79 Å². The zero-order valence-corrected chi connectivity index (χ0v) is 7.70. The van der Waals surface area contributed by atoms with E-state index in [2.05, 4.69) is 6.58 Å². The molecule has 0 aliphatic rings. The Balaban J connectivity index is 2.48. The fourth-order valence-electron chi connectivity index (χ4n) is 1.21. The number of allylic oxidation sites excluding steroid dienone is 1. The fourth-order valence-corrected chi connectivity index (χ4v) is 1.21. The highest BCUT2D eigenvalue weighted by atomic mass is 16.1. The van der Waals surface area contributed by atoms with Crippen LogP contribution in [0.4, 0.5) is 0 Å². The van der Waals surface area contributed by atoms with Gasteiger partial charge < -0.3 is 0 Å². The molecule has 0 saturated carbocycles. The molecule has 0 radical (unpaired) electrons. The Hall–Kier alpha value is -1.37. The van der Waals surface area contributed by atoms with Crippen LogP contribution < -0.4 is 0 Å². The van der Waals surface area contributed by atoms with Gasteiger partial charge in [-0.2, -0.15) is 0 Å². The Morgan fingerprint density at radius 2 is 1.92 bits per heavy atom. The Labute approximate surface area is 79.1 Å². The van der Waals surface area contributed by atoms with Gasteiger partial charge in [0, 0.05) is 5.56 Å². The van der Waals surface area contributed by atoms with Crippen LogP contribution in [-0.2, 0) is 6.42 Å². The molecule has 1 aromatic rings. The third kappa shape index (κ3) is 3.24. The van der Waals surface area contributed by atoms with Crippen LogP contribution in [0.3, 0.4) is 0 Å². The molecule has 1 nitrogen and oxygen atoms in total. The van der Waals surface area contributed by atoms with Crippen LogP contribution in [0.25, 0.3) is 0 Å². The van der Waals surface area contributed by atoms with Crippen molar-refractivity contribution in [2.45, 2.75) is 19.3 Å². The molecule has 13 heavy (non-hydrogen) atoms. The predicted octanol–water partition coefficient (Wildman–Crippen LogP) is 3.01. The monoisotopic (exact) mass is 174 g/mol. The lowest BCUT2D eigenvalue weighted by Gasteiger charge is -1.99. The smallest absolute Gasteiger partial charge is 0.150 e. The van der Waals surface area contributed by atoms with Crippen LogP contribution in [0.15, 0.2) is 36.9 Å². The maximum absolute atomic E-state index is 10.4. The average molecular weight is 174 g/mol. The highest BCUT2D eigenvalue weighted by Gasteiger charge is 1.92. The van der Waals surface area contributed by atoms with Crippen molar-refractivity contribution in [3.63, 3.8) is 0 Å². The van der Waals surface area contributed by atoms with Gasteiger partial charge in [0.15, 0.2) is 0 Å². The lowest BCUT2D eigenvalue weighted by Crippen LogP contribution is -1.85. The molecule has 1 aromatic carbocycles. The quantitative estimate of drug-likeness (QED) is 0.381. The van der Waals surface area contributed by atoms with E-state index < -0.39 is 0 Å². The molecule has 0 spiro atoms. The lowest BCUT2D eigenvalue weighted by molar-refractivity contribution is 0.112. The van der Waals surface area contributed by atoms with E-state index in [1.165, 1.54) is 5.56 Å². The number of benzene rings is 1. The first kappa shape index (κ1) is 9.72. The van der Waals surface area contributed by atoms with Crippen molar-refractivity contribution in [3.05, 3.63) is 48.0 Å². The second-order valence-corrected chi connectivity index (χ2v) is 3.04. The number of aldehydes is 1. The molecule has 0 aliphatic carbocycles. The summed E-state index contributed by atoms with van der Waals surface area (Å²) in [6.45, 7) is 3.67. The van der Waals surface area contributed by atoms with Crippen LogP contribution in [0.1, 0.15) is 28.8 Å². The van der Waals surface area contributed by atoms with E-state index in [1.54, 1.807) is 0 Å². The van der Waals surface area contributed by atoms with Gasteiger partial charge in [-0.1, -0.05) is 30.3 Å². The lowest BCUT2D eigenvalue weighted by atomic mass is 10.1. The molecule has 0 aliphatic heterocycles. The van der Waals surface area contributed by atoms with Crippen molar-refractivity contribution in [1.82, 2.24) is 0 Å². The molecule has 0 atom stereocenters. The van der Waals surface area contributed by atoms with E-state index in [0.717, 1.165) is 31.1 Å². The zero-order valence-electron chi connectivity index (χ0n) is 7.70. The summed E-state index contributed by atoms with van der Waals surface area (Å²) in [7, 11) is 0. The Morgan fingerprint density at radius 3 is 2.46 bits per heavy atom. The van der Waals surface area contributed by atoms with E-state index in [9.17, 15) is 4.79 Å². The molecule has 1 rings (SSSR count). The van der Waals surface area contributed by atoms with Crippen LogP contribution in [0.2, 0.25) is 0 Å². The SMILES string of the molecule is C=CCCCc1ccc(C=O)cc1. The first-order chi connectivity index (χ1) is 6.36. The van der Waals surface area contributed by atoms with E-state index in [0.29, 0.717) is 0 Å². The van der Waals surface area contributed by atoms with Crippen molar-refractivity contribution in [3.8, 4) is 0 Å². The van der Waals surface area contributed by atoms with Crippen molar-refractivity contribution >= 4 is 6.29 Å². The van der Waals surface area contributed by atoms with Crippen LogP contribution in [-0.4, -0.2) is 6.29 Å². The molecule has 0 unspecified atom stereocenters. The van der Waals surface area contributed by atoms with Gasteiger partial charge >= 0.3 is 0 Å². The number of rotatable bonds is 5. The normalized spacial score (nSPS) is 9.54. The van der Waals surface area contributed by atoms with Crippen molar-refractivity contribution in [1.29, 1.82) is 0 Å². The molecule has 0 bridgehead atoms. The maximum Gasteiger partial charge on any atom is 0.150 e. The maximum atomic E-state index is 10.4. The van der Waals surface area contributed by atoms with E-state index >= 15 is 0 Å². The molecular weight excluding hydrogens is 160 g/mol. The second kappa shape index (κ2) is 5.31. The molecule has 68 valence electrons. The molecular formula is C12H14O. The number of hydrogen-bond acceptors (Lipinski definition) is 1. The standard InChI is InChI=1S/C12H14O/c1-2-3-4-5-11-6-8-12(10-13)9-7-11/h2,6-10H,1,3-5H2. The Bertz CT molecular complexity index is 272. The van der Waals surface area contributed by atoms with Gasteiger partial charge in [0.2, 0.25) is 0 Å². The van der Waals surface area contributed by atoms with Crippen molar-refractivity contribution in [2.24, 2.45) is 0 Å². The summed E-state index contributed by atoms with van der Waals surface area (Å²) in [6.07, 6.45) is 6.04. The summed E-state index contributed by atoms with van der Waals surface area (Å²) in [5.74, 6) is 0. The van der Waals surface area contributed by atoms with Gasteiger partial charge in [-0.3, -0.25) is 4.79 Å². The van der Waals surface area contributed by atoms with Gasteiger partial charge in [-0.05, 0) is 24.8 Å². The molecule has 0 aromatic heterocycles. The number of unbranched alkanes of at least 4 members (excludes halogenated alkanes) is 1. The topological polar surface area (TPSA) is 17.1 Å². The predicted molar refractivity (Wildman–Crippen MR) is 55.0 cm³/mol. The fraction of sp³-hybridized carbons (Fsp3) is 0.250. The molecule has 0 fully saturated rings. The van der Waals surface area contributed by atoms with E-state index in [1.807, 2.05) is 30.3 Å². The highest BCUT2D eigenvalue weighted by Crippen LogP contribution is 2.06. The van der Waals surface area contributed by atoms with Gasteiger partial charge in [0.1, 0.15) is 6.29 Å². The number of carbonyl (C=O) groups is 1. The summed E-state index contributed by atoms with van der Waals surface area (Å²) in [5.41, 5.74) is 2.03. The third-order valence-corrected chi connectivity index (χ3v) is 1.99. The molecule has 0 amide bonds. The Morgan fingerprint density at radius 1 is 1.23 bits per heavy atom. The van der Waals surface area contributed by atoms with Crippen LogP contribution in [0.5, 0.6) is 0 Å². The van der Waals surface area contributed by atoms with Gasteiger partial charge in [0.05, 0.1) is 0 Å². The number of hydrogen-bond donors (Lipinski definition) is 0. The number of aryl methyl sites for hydroxylation is 1. The van der Waals surface area contributed by atoms with Gasteiger partial charge in [-0.25, -0.2) is 0 Å². The van der Waals surface area contributed by atoms with E-state index in [-0.39, 0.29) is 0 Å². The molecule has 1 heteroatoms. The minimum absolute atomic E-state index is 0.743. The average Bonchev–Trinajstić information content (AvgIpc) is 2.19. The van der Waals surface area contributed by atoms with Crippen molar-refractivity contribution in [2.75, 3.05) is 0 Å². The summed E-state index contributed by atoms with van der Waals surface area (Å²) in [4.78, 5) is 10.4. The minimum Gasteiger partial charge on any atom is -0.298 e. The molecule has 0 saturated heterocycles. The molecule has 0 N–H and O–H groups in total. The zero-order chi connectivity index (χ0) is 9.52. The first-order valence-electron chi connectivity index (χ1n) is 4.52. The van der Waals surface area contributed by atoms with Gasteiger partial charge in [-0.15, -0.1) is 6.58 Å². The largest absolute Gasteiger partial charge is 0.298 e. The second-order valence-electron chi connectivity index (χ2n) is 3.04. The van der Waals surface area contributed by atoms with Crippen LogP contribution >= 0.6 is 0 Å². The molecule has 0 heterocycles. The van der Waals surface area contributed by atoms with Crippen LogP contribution in [0, 0.1) is 0 Å². The summed E-state index contributed by atoms with van der Waals surface area (Å²) in [6, 6.07) is 7.73. The number of carbonyl (C=O) groups excluding carboxylic acids is 1. The Kier molecular flexibility index (Phi) is 3.97. The van der Waals surface area contributed by atoms with Gasteiger partial charge in [0.25, 0.3) is 0 Å². The highest BCUT2D eigenvalue weighted by molar-refractivity contribution is 5.74. The van der Waals surface area contributed by atoms with E-state index in [4.69, 9.17) is 0 Å². The first-order valence-corrected chi connectivity index (χ1v) is 4.52. The minimum atomic E-state index is 0.743. The summed E-state index contributed by atoms with van der Waals surface area (Å²) < 4.78 is 0. The summed E-state index contributed by atoms with van der Waals surface area (Å²) >= 11 is 0.